The number of oxime groups is 1. The van der Waals surface area contributed by atoms with E-state index in [9.17, 15) is 56.7 Å². The number of hydrogen-bond acceptors (Lipinski definition) is 4. The number of nitrogens with zero attached hydrogens (tertiary/aromatic N) is 1. The van der Waals surface area contributed by atoms with Crippen molar-refractivity contribution >= 4 is 15.8 Å². The second-order valence-electron chi connectivity index (χ2n) is 7.22. The molecule has 0 spiro atoms. The topological polar surface area (TPSA) is 55.7 Å². The molecule has 2 aromatic carbocycles. The van der Waals surface area contributed by atoms with Crippen LogP contribution in [-0.2, 0) is 20.8 Å². The molecule has 1 aliphatic carbocycles. The lowest BCUT2D eigenvalue weighted by Gasteiger charge is -2.29. The fourth-order valence-electron chi connectivity index (χ4n) is 3.20. The highest BCUT2D eigenvalue weighted by molar-refractivity contribution is 7.87. The van der Waals surface area contributed by atoms with E-state index in [0.29, 0.717) is 16.7 Å². The van der Waals surface area contributed by atoms with Gasteiger partial charge in [0.25, 0.3) is 0 Å². The van der Waals surface area contributed by atoms with E-state index >= 15 is 0 Å². The minimum Gasteiger partial charge on any atom is -0.265 e. The Kier molecular flexibility index (Phi) is 6.36. The van der Waals surface area contributed by atoms with Gasteiger partial charge in [0.2, 0.25) is 0 Å². The lowest BCUT2D eigenvalue weighted by molar-refractivity contribution is -0.360. The minimum absolute atomic E-state index is 0.148. The minimum atomic E-state index is -7.21. The molecule has 0 bridgehead atoms. The SMILES string of the molecule is O=S(=O)(O/N=C(/c1ccc2c(c1)Cc1ccccc1-2)C(F)(F)F)C(F)C(F)(F)C(F)(F)C(F)(F)F. The smallest absolute Gasteiger partial charge is 0.265 e. The van der Waals surface area contributed by atoms with Gasteiger partial charge in [-0.25, -0.2) is 4.39 Å². The zero-order valence-corrected chi connectivity index (χ0v) is 17.4. The molecule has 3 rings (SSSR count). The van der Waals surface area contributed by atoms with Gasteiger partial charge >= 0.3 is 39.8 Å². The first kappa shape index (κ1) is 26.7. The number of alkyl halides is 11. The Morgan fingerprint density at radius 2 is 1.43 bits per heavy atom. The molecule has 35 heavy (non-hydrogen) atoms. The Labute approximate surface area is 189 Å². The first-order valence-electron chi connectivity index (χ1n) is 9.06. The van der Waals surface area contributed by atoms with Crippen LogP contribution in [0.2, 0.25) is 0 Å². The van der Waals surface area contributed by atoms with Crippen LogP contribution >= 0.6 is 0 Å². The highest BCUT2D eigenvalue weighted by Crippen LogP contribution is 2.50. The second-order valence-corrected chi connectivity index (χ2v) is 8.77. The van der Waals surface area contributed by atoms with Gasteiger partial charge in [-0.1, -0.05) is 41.6 Å². The zero-order chi connectivity index (χ0) is 26.6. The molecule has 0 heterocycles. The summed E-state index contributed by atoms with van der Waals surface area (Å²) in [6.45, 7) is 0. The molecule has 0 aliphatic heterocycles. The third-order valence-electron chi connectivity index (χ3n) is 4.88. The normalized spacial score (nSPS) is 16.0. The molecule has 1 atom stereocenters. The maximum Gasteiger partial charge on any atom is 0.460 e. The van der Waals surface area contributed by atoms with E-state index in [0.717, 1.165) is 17.7 Å². The highest BCUT2D eigenvalue weighted by atomic mass is 32.2. The lowest BCUT2D eigenvalue weighted by Crippen LogP contribution is -2.58. The Bertz CT molecular complexity index is 1270. The van der Waals surface area contributed by atoms with Crippen LogP contribution in [0.15, 0.2) is 47.6 Å². The lowest BCUT2D eigenvalue weighted by atomic mass is 10.0. The van der Waals surface area contributed by atoms with Crippen LogP contribution < -0.4 is 0 Å². The molecule has 2 aromatic rings. The average molecular weight is 541 g/mol. The first-order valence-corrected chi connectivity index (χ1v) is 10.5. The summed E-state index contributed by atoms with van der Waals surface area (Å²) in [7, 11) is -6.86. The van der Waals surface area contributed by atoms with Crippen molar-refractivity contribution in [1.29, 1.82) is 0 Å². The molecular formula is C19H10F11NO3S. The number of rotatable bonds is 6. The standard InChI is InChI=1S/C19H10F11NO3S/c20-15(16(21,22)18(26,27)19(28,29)30)35(32,33)34-31-14(17(23,24)25)10-5-6-13-11(8-10)7-9-3-1-2-4-12(9)13/h1-6,8,15H,7H2/b31-14-. The summed E-state index contributed by atoms with van der Waals surface area (Å²) in [5, 5.41) is 2.09. The third-order valence-corrected chi connectivity index (χ3v) is 5.97. The molecule has 0 fully saturated rings. The van der Waals surface area contributed by atoms with Crippen LogP contribution in [0.4, 0.5) is 48.3 Å². The fraction of sp³-hybridized carbons (Fsp3) is 0.316. The van der Waals surface area contributed by atoms with Gasteiger partial charge < -0.3 is 0 Å². The molecular weight excluding hydrogens is 531 g/mol. The summed E-state index contributed by atoms with van der Waals surface area (Å²) in [6, 6.07) is 9.57. The monoisotopic (exact) mass is 541 g/mol. The maximum absolute atomic E-state index is 13.7. The van der Waals surface area contributed by atoms with Gasteiger partial charge in [-0.05, 0) is 34.7 Å². The summed E-state index contributed by atoms with van der Waals surface area (Å²) in [5.74, 6) is -14.2. The van der Waals surface area contributed by atoms with Crippen LogP contribution in [0, 0.1) is 0 Å². The summed E-state index contributed by atoms with van der Waals surface area (Å²) in [4.78, 5) is 0. The van der Waals surface area contributed by atoms with Gasteiger partial charge in [-0.15, -0.1) is 0 Å². The Hall–Kier alpha value is -2.91. The molecule has 192 valence electrons. The van der Waals surface area contributed by atoms with Gasteiger partial charge in [0.15, 0.2) is 5.71 Å². The molecule has 0 amide bonds. The maximum atomic E-state index is 13.7. The fourth-order valence-corrected chi connectivity index (χ4v) is 3.96. The predicted octanol–water partition coefficient (Wildman–Crippen LogP) is 6.00. The Balaban J connectivity index is 1.96. The molecule has 1 unspecified atom stereocenters. The molecule has 4 nitrogen and oxygen atoms in total. The summed E-state index contributed by atoms with van der Waals surface area (Å²) in [6.07, 6.45) is -12.5. The summed E-state index contributed by atoms with van der Waals surface area (Å²) in [5.41, 5.74) is -6.25. The molecule has 0 N–H and O–H groups in total. The number of halogens is 11. The molecule has 0 radical (unpaired) electrons. The van der Waals surface area contributed by atoms with Crippen LogP contribution in [0.25, 0.3) is 11.1 Å². The molecule has 16 heteroatoms. The summed E-state index contributed by atoms with van der Waals surface area (Å²) < 4.78 is 169. The van der Waals surface area contributed by atoms with Crippen molar-refractivity contribution in [3.63, 3.8) is 0 Å². The van der Waals surface area contributed by atoms with Crippen LogP contribution in [-0.4, -0.2) is 43.8 Å². The Morgan fingerprint density at radius 1 is 0.857 bits per heavy atom. The van der Waals surface area contributed by atoms with Crippen LogP contribution in [0.1, 0.15) is 16.7 Å². The summed E-state index contributed by atoms with van der Waals surface area (Å²) >= 11 is 0. The molecule has 1 aliphatic rings. The van der Waals surface area contributed by atoms with Crippen molar-refractivity contribution in [1.82, 2.24) is 0 Å². The van der Waals surface area contributed by atoms with E-state index in [1.807, 2.05) is 0 Å². The van der Waals surface area contributed by atoms with Crippen molar-refractivity contribution in [2.24, 2.45) is 5.16 Å². The number of hydrogen-bond donors (Lipinski definition) is 0. The van der Waals surface area contributed by atoms with Crippen LogP contribution in [0.3, 0.4) is 0 Å². The first-order chi connectivity index (χ1) is 15.8. The highest BCUT2D eigenvalue weighted by Gasteiger charge is 2.78. The van der Waals surface area contributed by atoms with E-state index in [1.165, 1.54) is 6.07 Å². The predicted molar refractivity (Wildman–Crippen MR) is 98.1 cm³/mol. The molecule has 0 saturated heterocycles. The van der Waals surface area contributed by atoms with Gasteiger partial charge in [0.1, 0.15) is 0 Å². The molecule has 0 aromatic heterocycles. The van der Waals surface area contributed by atoms with E-state index in [-0.39, 0.29) is 6.42 Å². The molecule has 0 saturated carbocycles. The second kappa shape index (κ2) is 8.34. The quantitative estimate of drug-likeness (QED) is 0.219. The van der Waals surface area contributed by atoms with Gasteiger partial charge in [-0.3, -0.25) is 4.28 Å². The van der Waals surface area contributed by atoms with E-state index < -0.39 is 51.1 Å². The van der Waals surface area contributed by atoms with Crippen molar-refractivity contribution in [2.75, 3.05) is 0 Å². The van der Waals surface area contributed by atoms with Crippen molar-refractivity contribution in [3.05, 3.63) is 59.2 Å². The third kappa shape index (κ3) is 4.67. The Morgan fingerprint density at radius 3 is 2.00 bits per heavy atom. The van der Waals surface area contributed by atoms with Crippen LogP contribution in [0.5, 0.6) is 0 Å². The van der Waals surface area contributed by atoms with Gasteiger partial charge in [-0.2, -0.15) is 52.3 Å². The van der Waals surface area contributed by atoms with Gasteiger partial charge in [0.05, 0.1) is 0 Å². The van der Waals surface area contributed by atoms with E-state index in [4.69, 9.17) is 0 Å². The number of benzene rings is 2. The van der Waals surface area contributed by atoms with Crippen molar-refractivity contribution < 1.29 is 61.0 Å². The largest absolute Gasteiger partial charge is 0.460 e. The average Bonchev–Trinajstić information content (AvgIpc) is 3.09. The van der Waals surface area contributed by atoms with Crippen molar-refractivity contribution in [3.8, 4) is 11.1 Å². The number of fused-ring (bicyclic) bond motifs is 3. The van der Waals surface area contributed by atoms with Crippen molar-refractivity contribution in [2.45, 2.75) is 36.1 Å². The van der Waals surface area contributed by atoms with E-state index in [2.05, 4.69) is 9.44 Å². The van der Waals surface area contributed by atoms with Gasteiger partial charge in [0, 0.05) is 5.56 Å². The zero-order valence-electron chi connectivity index (χ0n) is 16.6. The van der Waals surface area contributed by atoms with E-state index in [1.54, 1.807) is 24.3 Å².